The van der Waals surface area contributed by atoms with E-state index in [1.54, 1.807) is 23.9 Å². The van der Waals surface area contributed by atoms with Crippen molar-refractivity contribution in [2.24, 2.45) is 0 Å². The number of rotatable bonds is 5. The summed E-state index contributed by atoms with van der Waals surface area (Å²) in [5.74, 6) is 0.926. The zero-order chi connectivity index (χ0) is 20.5. The second-order valence-corrected chi connectivity index (χ2v) is 8.15. The Hall–Kier alpha value is -3.39. The molecule has 1 amide bonds. The van der Waals surface area contributed by atoms with E-state index >= 15 is 0 Å². The van der Waals surface area contributed by atoms with Crippen LogP contribution in [0.3, 0.4) is 0 Å². The fraction of sp³-hybridized carbons (Fsp3) is 0.182. The maximum absolute atomic E-state index is 12.5. The Morgan fingerprint density at radius 1 is 1.13 bits per heavy atom. The molecule has 4 aromatic rings. The summed E-state index contributed by atoms with van der Waals surface area (Å²) in [5.41, 5.74) is 3.20. The quantitative estimate of drug-likeness (QED) is 0.538. The van der Waals surface area contributed by atoms with Crippen LogP contribution in [0.2, 0.25) is 0 Å². The van der Waals surface area contributed by atoms with Gasteiger partial charge in [0.1, 0.15) is 0 Å². The van der Waals surface area contributed by atoms with Crippen molar-refractivity contribution in [1.82, 2.24) is 19.1 Å². The van der Waals surface area contributed by atoms with Crippen LogP contribution in [0.1, 0.15) is 6.42 Å². The fourth-order valence-corrected chi connectivity index (χ4v) is 4.43. The number of carbonyl (C=O) groups is 1. The zero-order valence-corrected chi connectivity index (χ0v) is 16.9. The molecule has 0 unspecified atom stereocenters. The Labute approximate surface area is 176 Å². The molecular weight excluding hydrogens is 398 g/mol. The van der Waals surface area contributed by atoms with Crippen molar-refractivity contribution in [2.75, 3.05) is 11.1 Å². The molecule has 0 saturated heterocycles. The van der Waals surface area contributed by atoms with E-state index in [1.165, 1.54) is 10.9 Å². The third kappa shape index (κ3) is 3.61. The van der Waals surface area contributed by atoms with Crippen LogP contribution in [0.15, 0.2) is 71.0 Å². The maximum Gasteiger partial charge on any atom is 0.261 e. The fourth-order valence-electron chi connectivity index (χ4n) is 3.48. The Morgan fingerprint density at radius 3 is 2.80 bits per heavy atom. The monoisotopic (exact) mass is 417 g/mol. The highest BCUT2D eigenvalue weighted by molar-refractivity contribution is 7.99. The Bertz CT molecular complexity index is 1270. The molecule has 2 aromatic carbocycles. The first-order chi connectivity index (χ1) is 14.7. The van der Waals surface area contributed by atoms with E-state index in [9.17, 15) is 9.59 Å². The zero-order valence-electron chi connectivity index (χ0n) is 16.1. The van der Waals surface area contributed by atoms with Gasteiger partial charge in [0.05, 0.1) is 22.9 Å². The van der Waals surface area contributed by atoms with E-state index in [1.807, 2.05) is 36.4 Å². The molecule has 3 heterocycles. The number of para-hydroxylation sites is 1. The van der Waals surface area contributed by atoms with E-state index < -0.39 is 0 Å². The van der Waals surface area contributed by atoms with Crippen LogP contribution in [0.4, 0.5) is 5.69 Å². The number of nitrogens with one attached hydrogen (secondary N) is 1. The molecule has 0 aliphatic carbocycles. The number of aromatic nitrogens is 4. The molecule has 2 aromatic heterocycles. The topological polar surface area (TPSA) is 81.8 Å². The van der Waals surface area contributed by atoms with Crippen molar-refractivity contribution in [3.63, 3.8) is 0 Å². The second kappa shape index (κ2) is 7.79. The number of thioether (sulfide) groups is 1. The van der Waals surface area contributed by atoms with E-state index in [2.05, 4.69) is 26.0 Å². The van der Waals surface area contributed by atoms with Gasteiger partial charge < -0.3 is 9.88 Å². The molecule has 150 valence electrons. The minimum atomic E-state index is -0.153. The third-order valence-electron chi connectivity index (χ3n) is 5.08. The minimum Gasteiger partial charge on any atom is -0.326 e. The van der Waals surface area contributed by atoms with Crippen LogP contribution < -0.4 is 10.9 Å². The molecule has 30 heavy (non-hydrogen) atoms. The first kappa shape index (κ1) is 18.6. The van der Waals surface area contributed by atoms with Crippen molar-refractivity contribution in [3.8, 4) is 11.3 Å². The Morgan fingerprint density at radius 2 is 1.97 bits per heavy atom. The average molecular weight is 417 g/mol. The smallest absolute Gasteiger partial charge is 0.261 e. The molecule has 0 radical (unpaired) electrons. The van der Waals surface area contributed by atoms with Gasteiger partial charge in [-0.05, 0) is 24.3 Å². The highest BCUT2D eigenvalue weighted by atomic mass is 32.2. The van der Waals surface area contributed by atoms with E-state index in [-0.39, 0.29) is 24.4 Å². The Kier molecular flexibility index (Phi) is 4.84. The number of imidazole rings is 1. The molecule has 0 spiro atoms. The Balaban J connectivity index is 1.22. The lowest BCUT2D eigenvalue weighted by Gasteiger charge is -2.08. The number of nitrogens with zero attached hydrogens (tertiary/aromatic N) is 4. The van der Waals surface area contributed by atoms with Crippen LogP contribution in [-0.2, 0) is 17.9 Å². The van der Waals surface area contributed by atoms with Crippen LogP contribution in [0.25, 0.3) is 22.2 Å². The molecule has 1 N–H and O–H groups in total. The van der Waals surface area contributed by atoms with Gasteiger partial charge in [-0.2, -0.15) is 0 Å². The number of benzene rings is 2. The first-order valence-electron chi connectivity index (χ1n) is 9.72. The largest absolute Gasteiger partial charge is 0.326 e. The highest BCUT2D eigenvalue weighted by Gasteiger charge is 2.15. The molecule has 0 atom stereocenters. The third-order valence-corrected chi connectivity index (χ3v) is 6.05. The normalized spacial score (nSPS) is 12.8. The standard InChI is InChI=1S/C22H19N5O2S/c28-20(9-10-27-14-23-18-4-2-1-3-17(18)21(27)29)24-16-7-5-15(6-8-16)19-13-26-11-12-30-22(26)25-19/h1-8,13-14H,9-12H2,(H,24,28). The van der Waals surface area contributed by atoms with Crippen LogP contribution in [-0.4, -0.2) is 30.8 Å². The summed E-state index contributed by atoms with van der Waals surface area (Å²) >= 11 is 1.77. The summed E-state index contributed by atoms with van der Waals surface area (Å²) in [5, 5.41) is 4.49. The summed E-state index contributed by atoms with van der Waals surface area (Å²) in [6.45, 7) is 1.27. The summed E-state index contributed by atoms with van der Waals surface area (Å²) < 4.78 is 3.64. The lowest BCUT2D eigenvalue weighted by Crippen LogP contribution is -2.23. The summed E-state index contributed by atoms with van der Waals surface area (Å²) in [6, 6.07) is 14.8. The van der Waals surface area contributed by atoms with E-state index in [0.717, 1.165) is 28.7 Å². The highest BCUT2D eigenvalue weighted by Crippen LogP contribution is 2.29. The number of anilines is 1. The van der Waals surface area contributed by atoms with Crippen LogP contribution in [0, 0.1) is 0 Å². The van der Waals surface area contributed by atoms with Crippen molar-refractivity contribution < 1.29 is 4.79 Å². The van der Waals surface area contributed by atoms with Crippen molar-refractivity contribution in [1.29, 1.82) is 0 Å². The number of hydrogen-bond donors (Lipinski definition) is 1. The van der Waals surface area contributed by atoms with Gasteiger partial charge in [-0.25, -0.2) is 9.97 Å². The second-order valence-electron chi connectivity index (χ2n) is 7.09. The summed E-state index contributed by atoms with van der Waals surface area (Å²) in [6.07, 6.45) is 3.75. The molecular formula is C22H19N5O2S. The van der Waals surface area contributed by atoms with Gasteiger partial charge >= 0.3 is 0 Å². The van der Waals surface area contributed by atoms with E-state index in [0.29, 0.717) is 16.6 Å². The number of aryl methyl sites for hydroxylation is 2. The number of carbonyl (C=O) groups excluding carboxylic acids is 1. The number of fused-ring (bicyclic) bond motifs is 2. The van der Waals surface area contributed by atoms with Crippen LogP contribution >= 0.6 is 11.8 Å². The molecule has 0 fully saturated rings. The minimum absolute atomic E-state index is 0.136. The number of amides is 1. The molecule has 8 heteroatoms. The predicted molar refractivity (Wildman–Crippen MR) is 118 cm³/mol. The number of hydrogen-bond acceptors (Lipinski definition) is 5. The summed E-state index contributed by atoms with van der Waals surface area (Å²) in [4.78, 5) is 33.8. The SMILES string of the molecule is O=C(CCn1cnc2ccccc2c1=O)Nc1ccc(-c2cn3c(n2)SCC3)cc1. The molecule has 7 nitrogen and oxygen atoms in total. The molecule has 1 aliphatic rings. The van der Waals surface area contributed by atoms with Gasteiger partial charge in [-0.15, -0.1) is 0 Å². The first-order valence-corrected chi connectivity index (χ1v) is 10.7. The van der Waals surface area contributed by atoms with Crippen LogP contribution in [0.5, 0.6) is 0 Å². The summed E-state index contributed by atoms with van der Waals surface area (Å²) in [7, 11) is 0. The van der Waals surface area contributed by atoms with Gasteiger partial charge in [0.25, 0.3) is 5.56 Å². The van der Waals surface area contributed by atoms with Crippen molar-refractivity contribution >= 4 is 34.3 Å². The molecule has 0 bridgehead atoms. The molecule has 0 saturated carbocycles. The van der Waals surface area contributed by atoms with Crippen molar-refractivity contribution in [2.45, 2.75) is 24.7 Å². The lowest BCUT2D eigenvalue weighted by molar-refractivity contribution is -0.116. The van der Waals surface area contributed by atoms with Gasteiger partial charge in [-0.1, -0.05) is 36.0 Å². The average Bonchev–Trinajstić information content (AvgIpc) is 3.36. The van der Waals surface area contributed by atoms with Gasteiger partial charge in [0.15, 0.2) is 5.16 Å². The van der Waals surface area contributed by atoms with Gasteiger partial charge in [0.2, 0.25) is 5.91 Å². The van der Waals surface area contributed by atoms with Gasteiger partial charge in [-0.3, -0.25) is 14.2 Å². The van der Waals surface area contributed by atoms with E-state index in [4.69, 9.17) is 0 Å². The maximum atomic E-state index is 12.5. The lowest BCUT2D eigenvalue weighted by atomic mass is 10.1. The molecule has 1 aliphatic heterocycles. The van der Waals surface area contributed by atoms with Gasteiger partial charge in [0, 0.05) is 42.7 Å². The predicted octanol–water partition coefficient (Wildman–Crippen LogP) is 3.39. The molecule has 5 rings (SSSR count). The van der Waals surface area contributed by atoms with Crippen molar-refractivity contribution in [3.05, 3.63) is 71.4 Å².